The van der Waals surface area contributed by atoms with Gasteiger partial charge in [0, 0.05) is 38.7 Å². The van der Waals surface area contributed by atoms with E-state index in [4.69, 9.17) is 29.9 Å². The summed E-state index contributed by atoms with van der Waals surface area (Å²) in [6.07, 6.45) is 0. The van der Waals surface area contributed by atoms with E-state index >= 15 is 0 Å². The van der Waals surface area contributed by atoms with Gasteiger partial charge in [0.1, 0.15) is 7.14 Å². The van der Waals surface area contributed by atoms with Crippen LogP contribution in [0.1, 0.15) is 50.1 Å². The zero-order valence-corrected chi connectivity index (χ0v) is 62.6. The molecule has 15 aromatic carbocycles. The molecule has 0 amide bonds. The molecule has 17 rings (SSSR count). The zero-order chi connectivity index (χ0) is 76.0. The molecule has 0 bridgehead atoms. The molecule has 0 saturated heterocycles. The predicted octanol–water partition coefficient (Wildman–Crippen LogP) is 24.9. The van der Waals surface area contributed by atoms with E-state index in [9.17, 15) is 9.83 Å². The minimum atomic E-state index is -2.52. The van der Waals surface area contributed by atoms with Crippen molar-refractivity contribution in [2.24, 2.45) is 0 Å². The molecule has 2 aromatic heterocycles. The van der Waals surface area contributed by atoms with Crippen molar-refractivity contribution in [2.45, 2.75) is 0 Å². The molecule has 2 heterocycles. The zero-order valence-electron chi connectivity index (χ0n) is 61.7. The van der Waals surface area contributed by atoms with Crippen molar-refractivity contribution in [3.63, 3.8) is 0 Å². The minimum Gasteiger partial charge on any atom is -0.319 e. The van der Waals surface area contributed by atoms with Crippen molar-refractivity contribution in [1.82, 2.24) is 29.9 Å². The van der Waals surface area contributed by atoms with E-state index < -0.39 is 7.14 Å². The van der Waals surface area contributed by atoms with Crippen LogP contribution < -0.4 is 5.30 Å². The normalized spacial score (nSPS) is 11.0. The number of rotatable bonds is 18. The molecular formula is C103H74N7OP. The number of nitrogens with zero attached hydrogens (tertiary/aromatic N) is 7. The molecule has 0 radical (unpaired) electrons. The van der Waals surface area contributed by atoms with Gasteiger partial charge in [0.05, 0.1) is 11.6 Å². The first-order valence-electron chi connectivity index (χ1n) is 37.2. The van der Waals surface area contributed by atoms with Gasteiger partial charge in [0.25, 0.3) is 0 Å². The second-order valence-corrected chi connectivity index (χ2v) is 30.8. The van der Waals surface area contributed by atoms with Gasteiger partial charge in [-0.1, -0.05) is 364 Å². The van der Waals surface area contributed by atoms with Crippen LogP contribution in [0.3, 0.4) is 0 Å². The highest BCUT2D eigenvalue weighted by Gasteiger charge is 2.23. The Balaban J connectivity index is 0.000000171. The summed E-state index contributed by atoms with van der Waals surface area (Å²) in [5.74, 6) is 3.42. The summed E-state index contributed by atoms with van der Waals surface area (Å²) in [4.78, 5) is 29.9. The van der Waals surface area contributed by atoms with Crippen molar-refractivity contribution in [1.29, 1.82) is 5.26 Å². The van der Waals surface area contributed by atoms with Crippen LogP contribution >= 0.6 is 7.14 Å². The van der Waals surface area contributed by atoms with Gasteiger partial charge < -0.3 is 4.57 Å². The molecule has 0 aliphatic heterocycles. The predicted molar refractivity (Wildman–Crippen MR) is 461 cm³/mol. The lowest BCUT2D eigenvalue weighted by atomic mass is 9.85. The first kappa shape index (κ1) is 71.8. The fraction of sp³-hybridized carbons (Fsp3) is 0.0194. The summed E-state index contributed by atoms with van der Waals surface area (Å²) in [7, 11) is -2.52. The first-order valence-corrected chi connectivity index (χ1v) is 39.8. The molecule has 0 aliphatic rings. The fourth-order valence-corrected chi connectivity index (χ4v) is 15.0. The largest absolute Gasteiger partial charge is 0.319 e. The molecule has 0 N–H and O–H groups in total. The Labute approximate surface area is 654 Å². The van der Waals surface area contributed by atoms with Crippen LogP contribution in [0.2, 0.25) is 0 Å². The highest BCUT2D eigenvalue weighted by Crippen LogP contribution is 2.43. The molecule has 0 atom stereocenters. The number of benzene rings is 15. The highest BCUT2D eigenvalue weighted by atomic mass is 31.2. The summed E-state index contributed by atoms with van der Waals surface area (Å²) in [6.45, 7) is 3.63. The molecule has 0 aliphatic carbocycles. The van der Waals surface area contributed by atoms with E-state index in [-0.39, 0.29) is 0 Å². The Bertz CT molecular complexity index is 6100. The molecule has 0 spiro atoms. The Morgan fingerprint density at radius 1 is 0.214 bits per heavy atom. The maximum absolute atomic E-state index is 13.3. The van der Waals surface area contributed by atoms with Crippen LogP contribution in [-0.2, 0) is 4.57 Å². The molecule has 532 valence electrons. The summed E-state index contributed by atoms with van der Waals surface area (Å²) >= 11 is 0. The number of hydrogen-bond acceptors (Lipinski definition) is 8. The molecular weight excluding hydrogens is 1380 g/mol. The van der Waals surface area contributed by atoms with E-state index in [2.05, 4.69) is 255 Å². The van der Waals surface area contributed by atoms with Gasteiger partial charge in [-0.2, -0.15) is 5.26 Å². The van der Waals surface area contributed by atoms with E-state index in [0.29, 0.717) is 40.5 Å². The van der Waals surface area contributed by atoms with Crippen LogP contribution in [0.4, 0.5) is 0 Å². The molecule has 8 nitrogen and oxygen atoms in total. The second-order valence-electron chi connectivity index (χ2n) is 27.5. The minimum absolute atomic E-state index is 0.502. The summed E-state index contributed by atoms with van der Waals surface area (Å²) in [5, 5.41) is 11.1. The maximum atomic E-state index is 13.3. The lowest BCUT2D eigenvalue weighted by Gasteiger charge is -2.19. The van der Waals surface area contributed by atoms with Gasteiger partial charge in [0.15, 0.2) is 34.9 Å². The smallest absolute Gasteiger partial charge is 0.164 e. The number of hydrogen-bond donors (Lipinski definition) is 0. The average Bonchev–Trinajstić information content (AvgIpc) is 0.785. The summed E-state index contributed by atoms with van der Waals surface area (Å²) in [6, 6.07) is 144. The van der Waals surface area contributed by atoms with Crippen molar-refractivity contribution >= 4 is 34.7 Å². The quantitative estimate of drug-likeness (QED) is 0.0616. The lowest BCUT2D eigenvalue weighted by molar-refractivity contribution is 0.588. The van der Waals surface area contributed by atoms with Gasteiger partial charge >= 0.3 is 0 Å². The van der Waals surface area contributed by atoms with Crippen molar-refractivity contribution < 1.29 is 4.57 Å². The van der Waals surface area contributed by atoms with Crippen LogP contribution in [-0.4, -0.2) is 43.2 Å². The average molecular weight is 1460 g/mol. The van der Waals surface area contributed by atoms with Crippen molar-refractivity contribution in [2.75, 3.05) is 13.3 Å². The number of nitriles is 1. The van der Waals surface area contributed by atoms with Crippen LogP contribution in [0.5, 0.6) is 0 Å². The SMILES string of the molecule is CP(C)(=O)c1cccc(-c2cc(-c3ccc(C(=C(c4ccccc4)c4ccccc4)c4ccccc4)cc3)cc(-c3nc(-c4ccccc4)nc(-c4ccccc4)n3)c2)c1.N#Cc1cc(-c2cccc(C(=C(c3ccccc3)c3ccccc3)c3ccccc3)c2)cc(-c2nc(-c3ccccc3)nc(-c3ccccc3)n2)c1. The molecule has 0 fully saturated rings. The van der Waals surface area contributed by atoms with Crippen LogP contribution in [0.15, 0.2) is 413 Å². The molecule has 17 aromatic rings. The monoisotopic (exact) mass is 1460 g/mol. The van der Waals surface area contributed by atoms with Gasteiger partial charge in [0.2, 0.25) is 0 Å². The Kier molecular flexibility index (Phi) is 21.4. The summed E-state index contributed by atoms with van der Waals surface area (Å²) < 4.78 is 13.3. The van der Waals surface area contributed by atoms with E-state index in [1.165, 1.54) is 5.57 Å². The highest BCUT2D eigenvalue weighted by molar-refractivity contribution is 7.70. The van der Waals surface area contributed by atoms with Crippen molar-refractivity contribution in [3.8, 4) is 108 Å². The molecule has 0 unspecified atom stereocenters. The Morgan fingerprint density at radius 3 is 0.777 bits per heavy atom. The second kappa shape index (κ2) is 33.3. The van der Waals surface area contributed by atoms with E-state index in [1.807, 2.05) is 177 Å². The van der Waals surface area contributed by atoms with E-state index in [0.717, 1.165) is 133 Å². The summed E-state index contributed by atoms with van der Waals surface area (Å²) in [5.41, 5.74) is 25.2. The van der Waals surface area contributed by atoms with Gasteiger partial charge in [-0.3, -0.25) is 0 Å². The molecule has 112 heavy (non-hydrogen) atoms. The Hall–Kier alpha value is -14.5. The fourth-order valence-electron chi connectivity index (χ4n) is 14.1. The Morgan fingerprint density at radius 2 is 0.446 bits per heavy atom. The lowest BCUT2D eigenvalue weighted by Crippen LogP contribution is -2.03. The van der Waals surface area contributed by atoms with Crippen LogP contribution in [0.25, 0.3) is 124 Å². The third-order valence-electron chi connectivity index (χ3n) is 19.6. The topological polar surface area (TPSA) is 118 Å². The molecule has 9 heteroatoms. The first-order chi connectivity index (χ1) is 55.1. The number of aromatic nitrogens is 6. The maximum Gasteiger partial charge on any atom is 0.164 e. The van der Waals surface area contributed by atoms with Crippen molar-refractivity contribution in [3.05, 3.63) is 463 Å². The van der Waals surface area contributed by atoms with Gasteiger partial charge in [-0.15, -0.1) is 0 Å². The van der Waals surface area contributed by atoms with Gasteiger partial charge in [-0.05, 0) is 162 Å². The molecule has 0 saturated carbocycles. The van der Waals surface area contributed by atoms with Gasteiger partial charge in [-0.25, -0.2) is 29.9 Å². The van der Waals surface area contributed by atoms with Crippen LogP contribution in [0, 0.1) is 11.3 Å². The standard InChI is InChI=1S/C55H42N3OP.C48H32N4/c1-60(2,59)50-30-18-29-46(38-50)48-35-47(36-49(37-48)55-57-53(44-25-14-6-15-26-44)56-54(58-55)45-27-16-7-17-28-45)39-31-33-43(34-32-39)52(42-23-12-5-13-24-42)51(40-19-8-3-9-20-40)41-21-10-4-11-22-41;49-33-34-29-42(32-43(30-34)48-51-46(38-23-12-4-13-24-38)50-47(52-48)39-25-14-5-15-26-39)40-27-16-28-41(31-40)45(37-21-10-3-11-22-37)44(35-17-6-1-7-18-35)36-19-8-2-9-20-36/h3-38H,1-2H3;1-32H. The third kappa shape index (κ3) is 16.5. The third-order valence-corrected chi connectivity index (χ3v) is 21.1. The van der Waals surface area contributed by atoms with E-state index in [1.54, 1.807) is 0 Å².